The number of nitrogens with one attached hydrogen (secondary N) is 1. The minimum atomic E-state index is -0.340. The number of amides is 1. The number of benzene rings is 1. The fraction of sp³-hybridized carbons (Fsp3) is 0.188. The maximum atomic E-state index is 12.2. The van der Waals surface area contributed by atoms with Gasteiger partial charge in [0.25, 0.3) is 5.91 Å². The molecule has 0 spiro atoms. The standard InChI is InChI=1S/C16H15N3O3S/c1-9-8-13(10(2)21-9)14(20)17-16-19-18-15(22-16)11-4-6-12(23-3)7-5-11/h4-8H,1-3H3,(H,17,19,20). The molecule has 0 radical (unpaired) electrons. The third kappa shape index (κ3) is 3.29. The summed E-state index contributed by atoms with van der Waals surface area (Å²) in [6.45, 7) is 3.52. The summed E-state index contributed by atoms with van der Waals surface area (Å²) in [7, 11) is 0. The van der Waals surface area contributed by atoms with Crippen LogP contribution in [0.5, 0.6) is 0 Å². The summed E-state index contributed by atoms with van der Waals surface area (Å²) < 4.78 is 10.8. The van der Waals surface area contributed by atoms with Crippen LogP contribution in [-0.2, 0) is 0 Å². The SMILES string of the molecule is CSc1ccc(-c2nnc(NC(=O)c3cc(C)oc3C)o2)cc1. The number of carbonyl (C=O) groups excluding carboxylic acids is 1. The van der Waals surface area contributed by atoms with Gasteiger partial charge in [-0.2, -0.15) is 0 Å². The van der Waals surface area contributed by atoms with E-state index in [1.165, 1.54) is 0 Å². The maximum absolute atomic E-state index is 12.2. The molecule has 0 aliphatic carbocycles. The quantitative estimate of drug-likeness (QED) is 0.731. The van der Waals surface area contributed by atoms with Crippen molar-refractivity contribution in [1.82, 2.24) is 10.2 Å². The van der Waals surface area contributed by atoms with E-state index in [1.54, 1.807) is 31.7 Å². The van der Waals surface area contributed by atoms with Crippen LogP contribution in [0.15, 0.2) is 44.1 Å². The lowest BCUT2D eigenvalue weighted by atomic mass is 10.2. The zero-order chi connectivity index (χ0) is 16.4. The largest absolute Gasteiger partial charge is 0.466 e. The van der Waals surface area contributed by atoms with Crippen LogP contribution in [0.1, 0.15) is 21.9 Å². The number of hydrogen-bond donors (Lipinski definition) is 1. The summed E-state index contributed by atoms with van der Waals surface area (Å²) in [4.78, 5) is 13.3. The molecule has 0 bridgehead atoms. The van der Waals surface area contributed by atoms with E-state index in [-0.39, 0.29) is 11.9 Å². The summed E-state index contributed by atoms with van der Waals surface area (Å²) >= 11 is 1.65. The van der Waals surface area contributed by atoms with Gasteiger partial charge in [0.15, 0.2) is 0 Å². The minimum Gasteiger partial charge on any atom is -0.466 e. The topological polar surface area (TPSA) is 81.2 Å². The molecule has 2 heterocycles. The van der Waals surface area contributed by atoms with Crippen molar-refractivity contribution in [2.75, 3.05) is 11.6 Å². The zero-order valence-electron chi connectivity index (χ0n) is 12.9. The van der Waals surface area contributed by atoms with Gasteiger partial charge in [-0.05, 0) is 50.4 Å². The average Bonchev–Trinajstić information content (AvgIpc) is 3.13. The average molecular weight is 329 g/mol. The first-order valence-corrected chi connectivity index (χ1v) is 8.15. The summed E-state index contributed by atoms with van der Waals surface area (Å²) in [5.41, 5.74) is 1.25. The van der Waals surface area contributed by atoms with Crippen molar-refractivity contribution in [2.45, 2.75) is 18.7 Å². The monoisotopic (exact) mass is 329 g/mol. The highest BCUT2D eigenvalue weighted by atomic mass is 32.2. The Morgan fingerprint density at radius 2 is 1.87 bits per heavy atom. The molecular weight excluding hydrogens is 314 g/mol. The lowest BCUT2D eigenvalue weighted by Crippen LogP contribution is -2.12. The van der Waals surface area contributed by atoms with E-state index in [2.05, 4.69) is 15.5 Å². The number of aromatic nitrogens is 2. The van der Waals surface area contributed by atoms with Gasteiger partial charge < -0.3 is 8.83 Å². The van der Waals surface area contributed by atoms with Gasteiger partial charge in [-0.3, -0.25) is 10.1 Å². The van der Waals surface area contributed by atoms with E-state index in [0.717, 1.165) is 10.5 Å². The second-order valence-electron chi connectivity index (χ2n) is 4.92. The minimum absolute atomic E-state index is 0.0530. The predicted octanol–water partition coefficient (Wildman–Crippen LogP) is 3.92. The number of anilines is 1. The molecule has 2 aromatic heterocycles. The first kappa shape index (κ1) is 15.4. The smallest absolute Gasteiger partial charge is 0.322 e. The van der Waals surface area contributed by atoms with E-state index in [1.807, 2.05) is 30.5 Å². The fourth-order valence-corrected chi connectivity index (χ4v) is 2.55. The van der Waals surface area contributed by atoms with E-state index in [9.17, 15) is 4.79 Å². The fourth-order valence-electron chi connectivity index (χ4n) is 2.14. The number of carbonyl (C=O) groups is 1. The van der Waals surface area contributed by atoms with E-state index < -0.39 is 0 Å². The Kier molecular flexibility index (Phi) is 4.20. The van der Waals surface area contributed by atoms with E-state index in [4.69, 9.17) is 8.83 Å². The second kappa shape index (κ2) is 6.29. The van der Waals surface area contributed by atoms with Gasteiger partial charge in [-0.1, -0.05) is 5.10 Å². The highest BCUT2D eigenvalue weighted by molar-refractivity contribution is 7.98. The molecule has 1 aromatic carbocycles. The van der Waals surface area contributed by atoms with Gasteiger partial charge in [0.2, 0.25) is 5.89 Å². The lowest BCUT2D eigenvalue weighted by molar-refractivity contribution is 0.102. The molecular formula is C16H15N3O3S. The molecule has 0 atom stereocenters. The highest BCUT2D eigenvalue weighted by Gasteiger charge is 2.17. The van der Waals surface area contributed by atoms with E-state index >= 15 is 0 Å². The molecule has 0 aliphatic rings. The van der Waals surface area contributed by atoms with Gasteiger partial charge in [0, 0.05) is 10.5 Å². The molecule has 3 aromatic rings. The van der Waals surface area contributed by atoms with E-state index in [0.29, 0.717) is 23.0 Å². The first-order chi connectivity index (χ1) is 11.1. The molecule has 1 amide bonds. The molecule has 7 heteroatoms. The number of thioether (sulfide) groups is 1. The Morgan fingerprint density at radius 3 is 2.48 bits per heavy atom. The van der Waals surface area contributed by atoms with Crippen LogP contribution in [0.25, 0.3) is 11.5 Å². The molecule has 6 nitrogen and oxygen atoms in total. The number of rotatable bonds is 4. The van der Waals surface area contributed by atoms with Crippen LogP contribution >= 0.6 is 11.8 Å². The molecule has 0 saturated heterocycles. The van der Waals surface area contributed by atoms with Crippen LogP contribution in [0.3, 0.4) is 0 Å². The van der Waals surface area contributed by atoms with Crippen molar-refractivity contribution in [3.63, 3.8) is 0 Å². The zero-order valence-corrected chi connectivity index (χ0v) is 13.7. The van der Waals surface area contributed by atoms with Crippen molar-refractivity contribution in [2.24, 2.45) is 0 Å². The molecule has 3 rings (SSSR count). The molecule has 0 fully saturated rings. The van der Waals surface area contributed by atoms with Crippen molar-refractivity contribution in [1.29, 1.82) is 0 Å². The predicted molar refractivity (Wildman–Crippen MR) is 87.7 cm³/mol. The van der Waals surface area contributed by atoms with Gasteiger partial charge in [0.1, 0.15) is 11.5 Å². The van der Waals surface area contributed by atoms with Gasteiger partial charge >= 0.3 is 6.01 Å². The van der Waals surface area contributed by atoms with Crippen LogP contribution in [0.4, 0.5) is 6.01 Å². The summed E-state index contributed by atoms with van der Waals surface area (Å²) in [6.07, 6.45) is 2.01. The maximum Gasteiger partial charge on any atom is 0.322 e. The number of nitrogens with zero attached hydrogens (tertiary/aromatic N) is 2. The Labute approximate surface area is 137 Å². The van der Waals surface area contributed by atoms with Crippen molar-refractivity contribution >= 4 is 23.7 Å². The molecule has 1 N–H and O–H groups in total. The van der Waals surface area contributed by atoms with Crippen LogP contribution in [0.2, 0.25) is 0 Å². The summed E-state index contributed by atoms with van der Waals surface area (Å²) in [5.74, 6) is 1.24. The third-order valence-corrected chi connectivity index (χ3v) is 4.01. The summed E-state index contributed by atoms with van der Waals surface area (Å²) in [5, 5.41) is 10.4. The van der Waals surface area contributed by atoms with Crippen LogP contribution in [0, 0.1) is 13.8 Å². The molecule has 0 unspecified atom stereocenters. The molecule has 0 aliphatic heterocycles. The number of hydrogen-bond acceptors (Lipinski definition) is 6. The normalized spacial score (nSPS) is 10.7. The third-order valence-electron chi connectivity index (χ3n) is 3.27. The summed E-state index contributed by atoms with van der Waals surface area (Å²) in [6, 6.07) is 9.46. The molecule has 0 saturated carbocycles. The van der Waals surface area contributed by atoms with Crippen molar-refractivity contribution in [3.8, 4) is 11.5 Å². The molecule has 23 heavy (non-hydrogen) atoms. The van der Waals surface area contributed by atoms with Gasteiger partial charge in [-0.25, -0.2) is 0 Å². The van der Waals surface area contributed by atoms with Crippen LogP contribution < -0.4 is 5.32 Å². The van der Waals surface area contributed by atoms with Crippen molar-refractivity contribution < 1.29 is 13.6 Å². The number of aryl methyl sites for hydroxylation is 2. The Morgan fingerprint density at radius 1 is 1.13 bits per heavy atom. The number of furan rings is 1. The Hall–Kier alpha value is -2.54. The first-order valence-electron chi connectivity index (χ1n) is 6.93. The second-order valence-corrected chi connectivity index (χ2v) is 5.80. The van der Waals surface area contributed by atoms with Crippen molar-refractivity contribution in [3.05, 3.63) is 47.4 Å². The Balaban J connectivity index is 1.76. The van der Waals surface area contributed by atoms with Crippen LogP contribution in [-0.4, -0.2) is 22.4 Å². The molecule has 118 valence electrons. The lowest BCUT2D eigenvalue weighted by Gasteiger charge is -1.99. The Bertz CT molecular complexity index is 837. The van der Waals surface area contributed by atoms with Gasteiger partial charge in [-0.15, -0.1) is 16.9 Å². The van der Waals surface area contributed by atoms with Gasteiger partial charge in [0.05, 0.1) is 5.56 Å². The highest BCUT2D eigenvalue weighted by Crippen LogP contribution is 2.23.